The number of aryl methyl sites for hydroxylation is 1. The number of primary amides is 1. The number of benzene rings is 1. The third kappa shape index (κ3) is 4.52. The van der Waals surface area contributed by atoms with Crippen molar-refractivity contribution in [3.8, 4) is 0 Å². The number of nitrogens with two attached hydrogens (primary N) is 1. The summed E-state index contributed by atoms with van der Waals surface area (Å²) in [5, 5.41) is 10.2. The molecule has 9 nitrogen and oxygen atoms in total. The van der Waals surface area contributed by atoms with Crippen LogP contribution in [0.15, 0.2) is 45.9 Å². The maximum Gasteiger partial charge on any atom is 0.254 e. The average molecular weight is 397 g/mol. The Morgan fingerprint density at radius 1 is 1.29 bits per heavy atom. The standard InChI is InChI=1S/C18H19N7O2S/c1-10-8-15(24-27-10)25-28-13-6-4-12(5-7-13)22-18-20-9-14(16(19)26)17(23-18)21-11-2-3-11/h4-9,11H,2-3H2,1H3,(H2,19,26)(H,24,25)(H2,20,21,22,23). The molecule has 144 valence electrons. The predicted octanol–water partition coefficient (Wildman–Crippen LogP) is 3.31. The molecule has 2 aromatic heterocycles. The van der Waals surface area contributed by atoms with E-state index in [2.05, 4.69) is 30.5 Å². The minimum absolute atomic E-state index is 0.290. The second kappa shape index (κ2) is 7.77. The molecule has 10 heteroatoms. The highest BCUT2D eigenvalue weighted by molar-refractivity contribution is 8.00. The Morgan fingerprint density at radius 2 is 2.07 bits per heavy atom. The maximum absolute atomic E-state index is 11.6. The lowest BCUT2D eigenvalue weighted by Crippen LogP contribution is -2.17. The zero-order valence-electron chi connectivity index (χ0n) is 15.1. The predicted molar refractivity (Wildman–Crippen MR) is 108 cm³/mol. The summed E-state index contributed by atoms with van der Waals surface area (Å²) in [6.45, 7) is 1.84. The zero-order chi connectivity index (χ0) is 19.5. The van der Waals surface area contributed by atoms with Crippen LogP contribution in [-0.2, 0) is 0 Å². The molecule has 0 bridgehead atoms. The maximum atomic E-state index is 11.6. The first-order valence-corrected chi connectivity index (χ1v) is 9.55. The smallest absolute Gasteiger partial charge is 0.254 e. The van der Waals surface area contributed by atoms with Gasteiger partial charge in [0.2, 0.25) is 5.95 Å². The highest BCUT2D eigenvalue weighted by Gasteiger charge is 2.24. The molecule has 1 aliphatic carbocycles. The van der Waals surface area contributed by atoms with Crippen LogP contribution in [-0.4, -0.2) is 27.1 Å². The Labute approximate surface area is 165 Å². The van der Waals surface area contributed by atoms with Crippen molar-refractivity contribution in [2.45, 2.75) is 30.7 Å². The number of nitrogens with one attached hydrogen (secondary N) is 3. The van der Waals surface area contributed by atoms with Crippen molar-refractivity contribution >= 4 is 41.1 Å². The Balaban J connectivity index is 1.41. The van der Waals surface area contributed by atoms with Crippen LogP contribution in [0.4, 0.5) is 23.3 Å². The summed E-state index contributed by atoms with van der Waals surface area (Å²) in [5.74, 6) is 1.73. The van der Waals surface area contributed by atoms with E-state index >= 15 is 0 Å². The van der Waals surface area contributed by atoms with Gasteiger partial charge in [-0.15, -0.1) is 0 Å². The molecular weight excluding hydrogens is 378 g/mol. The van der Waals surface area contributed by atoms with Gasteiger partial charge in [-0.1, -0.05) is 5.16 Å². The quantitative estimate of drug-likeness (QED) is 0.423. The number of carbonyl (C=O) groups is 1. The molecule has 0 aliphatic heterocycles. The number of hydrogen-bond donors (Lipinski definition) is 4. The van der Waals surface area contributed by atoms with Crippen molar-refractivity contribution in [3.63, 3.8) is 0 Å². The number of carbonyl (C=O) groups excluding carboxylic acids is 1. The molecule has 0 saturated heterocycles. The first-order chi connectivity index (χ1) is 13.6. The third-order valence-corrected chi connectivity index (χ3v) is 4.80. The van der Waals surface area contributed by atoms with Gasteiger partial charge in [-0.05, 0) is 56.0 Å². The van der Waals surface area contributed by atoms with Crippen LogP contribution >= 0.6 is 11.9 Å². The van der Waals surface area contributed by atoms with Crippen molar-refractivity contribution < 1.29 is 9.32 Å². The van der Waals surface area contributed by atoms with Gasteiger partial charge in [0.05, 0.1) is 5.56 Å². The number of aromatic nitrogens is 3. The number of hydrogen-bond acceptors (Lipinski definition) is 9. The van der Waals surface area contributed by atoms with E-state index in [1.165, 1.54) is 18.1 Å². The van der Waals surface area contributed by atoms with Gasteiger partial charge < -0.3 is 25.6 Å². The molecule has 28 heavy (non-hydrogen) atoms. The van der Waals surface area contributed by atoms with Crippen LogP contribution in [0.2, 0.25) is 0 Å². The van der Waals surface area contributed by atoms with Gasteiger partial charge in [0.25, 0.3) is 5.91 Å². The van der Waals surface area contributed by atoms with Crippen molar-refractivity contribution in [2.75, 3.05) is 15.4 Å². The molecule has 3 aromatic rings. The van der Waals surface area contributed by atoms with Crippen molar-refractivity contribution in [3.05, 3.63) is 47.9 Å². The zero-order valence-corrected chi connectivity index (χ0v) is 15.9. The largest absolute Gasteiger partial charge is 0.367 e. The highest BCUT2D eigenvalue weighted by Crippen LogP contribution is 2.27. The molecule has 5 N–H and O–H groups in total. The SMILES string of the molecule is Cc1cc(NSc2ccc(Nc3ncc(C(N)=O)c(NC4CC4)n3)cc2)no1. The summed E-state index contributed by atoms with van der Waals surface area (Å²) in [7, 11) is 0. The summed E-state index contributed by atoms with van der Waals surface area (Å²) < 4.78 is 8.13. The Morgan fingerprint density at radius 3 is 2.71 bits per heavy atom. The van der Waals surface area contributed by atoms with E-state index in [4.69, 9.17) is 10.3 Å². The molecule has 2 heterocycles. The topological polar surface area (TPSA) is 131 Å². The molecule has 0 atom stereocenters. The number of amides is 1. The van der Waals surface area contributed by atoms with Gasteiger partial charge in [-0.25, -0.2) is 4.98 Å². The minimum Gasteiger partial charge on any atom is -0.367 e. The third-order valence-electron chi connectivity index (χ3n) is 3.98. The van der Waals surface area contributed by atoms with Crippen LogP contribution in [0.5, 0.6) is 0 Å². The van der Waals surface area contributed by atoms with Gasteiger partial charge in [0.15, 0.2) is 5.82 Å². The van der Waals surface area contributed by atoms with E-state index in [1.54, 1.807) is 0 Å². The summed E-state index contributed by atoms with van der Waals surface area (Å²) in [4.78, 5) is 21.2. The molecule has 1 amide bonds. The molecule has 4 rings (SSSR count). The van der Waals surface area contributed by atoms with Crippen LogP contribution < -0.4 is 21.1 Å². The van der Waals surface area contributed by atoms with E-state index in [-0.39, 0.29) is 0 Å². The Kier molecular flexibility index (Phi) is 5.02. The van der Waals surface area contributed by atoms with Gasteiger partial charge >= 0.3 is 0 Å². The van der Waals surface area contributed by atoms with Gasteiger partial charge in [0, 0.05) is 28.9 Å². The normalized spacial score (nSPS) is 13.2. The van der Waals surface area contributed by atoms with Crippen LogP contribution in [0.1, 0.15) is 29.0 Å². The highest BCUT2D eigenvalue weighted by atomic mass is 32.2. The number of nitrogens with zero attached hydrogens (tertiary/aromatic N) is 3. The Bertz CT molecular complexity index is 986. The molecule has 0 radical (unpaired) electrons. The van der Waals surface area contributed by atoms with Crippen molar-refractivity contribution in [1.29, 1.82) is 0 Å². The van der Waals surface area contributed by atoms with Crippen LogP contribution in [0.3, 0.4) is 0 Å². The average Bonchev–Trinajstić information content (AvgIpc) is 3.39. The molecule has 1 fully saturated rings. The fraction of sp³-hybridized carbons (Fsp3) is 0.222. The molecule has 1 aromatic carbocycles. The lowest BCUT2D eigenvalue weighted by atomic mass is 10.3. The second-order valence-electron chi connectivity index (χ2n) is 6.42. The number of anilines is 4. The second-order valence-corrected chi connectivity index (χ2v) is 7.29. The summed E-state index contributed by atoms with van der Waals surface area (Å²) >= 11 is 1.43. The molecule has 1 aliphatic rings. The molecule has 0 spiro atoms. The summed E-state index contributed by atoms with van der Waals surface area (Å²) in [5.41, 5.74) is 6.52. The van der Waals surface area contributed by atoms with E-state index in [0.29, 0.717) is 29.2 Å². The number of rotatable bonds is 8. The lowest BCUT2D eigenvalue weighted by Gasteiger charge is -2.11. The fourth-order valence-corrected chi connectivity index (χ4v) is 3.01. The van der Waals surface area contributed by atoms with E-state index in [1.807, 2.05) is 37.3 Å². The molecule has 1 saturated carbocycles. The minimum atomic E-state index is -0.550. The van der Waals surface area contributed by atoms with E-state index in [0.717, 1.165) is 29.2 Å². The van der Waals surface area contributed by atoms with Gasteiger partial charge in [0.1, 0.15) is 11.6 Å². The van der Waals surface area contributed by atoms with E-state index < -0.39 is 5.91 Å². The van der Waals surface area contributed by atoms with Gasteiger partial charge in [-0.3, -0.25) is 4.79 Å². The molecule has 0 unspecified atom stereocenters. The van der Waals surface area contributed by atoms with Crippen molar-refractivity contribution in [2.24, 2.45) is 5.73 Å². The Hall–Kier alpha value is -3.27. The lowest BCUT2D eigenvalue weighted by molar-refractivity contribution is 0.100. The monoisotopic (exact) mass is 397 g/mol. The summed E-state index contributed by atoms with van der Waals surface area (Å²) in [6, 6.07) is 9.90. The fourth-order valence-electron chi connectivity index (χ4n) is 2.41. The van der Waals surface area contributed by atoms with Crippen molar-refractivity contribution in [1.82, 2.24) is 15.1 Å². The van der Waals surface area contributed by atoms with E-state index in [9.17, 15) is 4.79 Å². The van der Waals surface area contributed by atoms with Gasteiger partial charge in [-0.2, -0.15) is 4.98 Å². The molecular formula is C18H19N7O2S. The van der Waals surface area contributed by atoms with Crippen LogP contribution in [0, 0.1) is 6.92 Å². The first-order valence-electron chi connectivity index (χ1n) is 8.73. The van der Waals surface area contributed by atoms with Crippen LogP contribution in [0.25, 0.3) is 0 Å². The first kappa shape index (κ1) is 18.1. The summed E-state index contributed by atoms with van der Waals surface area (Å²) in [6.07, 6.45) is 3.56.